The van der Waals surface area contributed by atoms with Crippen LogP contribution in [0.4, 0.5) is 4.39 Å². The molecule has 0 aliphatic heterocycles. The highest BCUT2D eigenvalue weighted by molar-refractivity contribution is 5.94. The third-order valence-corrected chi connectivity index (χ3v) is 4.18. The van der Waals surface area contributed by atoms with Crippen molar-refractivity contribution in [3.8, 4) is 23.1 Å². The van der Waals surface area contributed by atoms with Crippen molar-refractivity contribution in [2.24, 2.45) is 0 Å². The number of rotatable bonds is 5. The Hall–Kier alpha value is -3.81. The molecule has 0 fully saturated rings. The van der Waals surface area contributed by atoms with Crippen LogP contribution in [0.15, 0.2) is 55.0 Å². The van der Waals surface area contributed by atoms with E-state index in [2.05, 4.69) is 15.1 Å². The SMILES string of the molecule is COc1cc(C(C)=O)ccc1Oc1ncnc2c1cnn2-c1ccc(F)cc1. The highest BCUT2D eigenvalue weighted by Crippen LogP contribution is 2.34. The first-order valence-corrected chi connectivity index (χ1v) is 8.38. The molecule has 0 bridgehead atoms. The first kappa shape index (κ1) is 17.6. The number of nitrogens with zero attached hydrogens (tertiary/aromatic N) is 4. The third kappa shape index (κ3) is 3.16. The minimum Gasteiger partial charge on any atom is -0.493 e. The monoisotopic (exact) mass is 378 g/mol. The molecular weight excluding hydrogens is 363 g/mol. The molecular formula is C20H15FN4O3. The number of methoxy groups -OCH3 is 1. The number of ether oxygens (including phenoxy) is 2. The Labute approximate surface area is 159 Å². The Balaban J connectivity index is 1.75. The van der Waals surface area contributed by atoms with Crippen molar-refractivity contribution in [1.82, 2.24) is 19.7 Å². The van der Waals surface area contributed by atoms with Gasteiger partial charge in [0.05, 0.1) is 19.0 Å². The van der Waals surface area contributed by atoms with Crippen LogP contribution in [-0.2, 0) is 0 Å². The van der Waals surface area contributed by atoms with Crippen molar-refractivity contribution in [2.45, 2.75) is 6.92 Å². The molecule has 0 saturated carbocycles. The van der Waals surface area contributed by atoms with Crippen molar-refractivity contribution in [2.75, 3.05) is 7.11 Å². The van der Waals surface area contributed by atoms with Crippen LogP contribution in [0, 0.1) is 5.82 Å². The molecule has 0 atom stereocenters. The summed E-state index contributed by atoms with van der Waals surface area (Å²) >= 11 is 0. The number of benzene rings is 2. The van der Waals surface area contributed by atoms with Gasteiger partial charge < -0.3 is 9.47 Å². The first-order chi connectivity index (χ1) is 13.6. The van der Waals surface area contributed by atoms with E-state index in [1.807, 2.05) is 0 Å². The second-order valence-electron chi connectivity index (χ2n) is 5.97. The van der Waals surface area contributed by atoms with Gasteiger partial charge in [-0.15, -0.1) is 0 Å². The second kappa shape index (κ2) is 7.07. The molecule has 4 rings (SSSR count). The summed E-state index contributed by atoms with van der Waals surface area (Å²) in [5, 5.41) is 4.89. The van der Waals surface area contributed by atoms with Gasteiger partial charge in [-0.1, -0.05) is 0 Å². The Morgan fingerprint density at radius 3 is 2.57 bits per heavy atom. The quantitative estimate of drug-likeness (QED) is 0.489. The van der Waals surface area contributed by atoms with Crippen LogP contribution in [0.2, 0.25) is 0 Å². The van der Waals surface area contributed by atoms with Crippen molar-refractivity contribution in [3.05, 3.63) is 66.4 Å². The summed E-state index contributed by atoms with van der Waals surface area (Å²) in [5.74, 6) is 0.689. The maximum absolute atomic E-state index is 13.2. The van der Waals surface area contributed by atoms with Gasteiger partial charge in [-0.05, 0) is 49.4 Å². The zero-order chi connectivity index (χ0) is 19.7. The lowest BCUT2D eigenvalue weighted by Gasteiger charge is -2.11. The van der Waals surface area contributed by atoms with Gasteiger partial charge in [0.15, 0.2) is 22.9 Å². The molecule has 140 valence electrons. The molecule has 2 aromatic heterocycles. The van der Waals surface area contributed by atoms with E-state index in [1.165, 1.54) is 32.5 Å². The maximum Gasteiger partial charge on any atom is 0.233 e. The van der Waals surface area contributed by atoms with Crippen LogP contribution in [-0.4, -0.2) is 32.6 Å². The Kier molecular flexibility index (Phi) is 4.44. The van der Waals surface area contributed by atoms with Gasteiger partial charge in [0.1, 0.15) is 17.5 Å². The van der Waals surface area contributed by atoms with Gasteiger partial charge in [0.2, 0.25) is 5.88 Å². The van der Waals surface area contributed by atoms with Gasteiger partial charge >= 0.3 is 0 Å². The summed E-state index contributed by atoms with van der Waals surface area (Å²) < 4.78 is 26.0. The molecule has 7 nitrogen and oxygen atoms in total. The summed E-state index contributed by atoms with van der Waals surface area (Å²) in [7, 11) is 1.49. The molecule has 0 radical (unpaired) electrons. The number of aromatic nitrogens is 4. The molecule has 0 aliphatic rings. The van der Waals surface area contributed by atoms with Crippen molar-refractivity contribution in [1.29, 1.82) is 0 Å². The predicted molar refractivity (Wildman–Crippen MR) is 99.7 cm³/mol. The van der Waals surface area contributed by atoms with E-state index in [4.69, 9.17) is 9.47 Å². The molecule has 0 saturated heterocycles. The Bertz CT molecular complexity index is 1170. The number of ketones is 1. The van der Waals surface area contributed by atoms with Gasteiger partial charge in [-0.2, -0.15) is 5.10 Å². The van der Waals surface area contributed by atoms with Crippen LogP contribution in [0.5, 0.6) is 17.4 Å². The third-order valence-electron chi connectivity index (χ3n) is 4.18. The van der Waals surface area contributed by atoms with Gasteiger partial charge in [-0.3, -0.25) is 4.79 Å². The van der Waals surface area contributed by atoms with Crippen LogP contribution >= 0.6 is 0 Å². The normalized spacial score (nSPS) is 10.8. The van der Waals surface area contributed by atoms with Crippen molar-refractivity contribution < 1.29 is 18.7 Å². The number of hydrogen-bond donors (Lipinski definition) is 0. The molecule has 2 aromatic carbocycles. The molecule has 2 heterocycles. The van der Waals surface area contributed by atoms with Gasteiger partial charge in [-0.25, -0.2) is 19.0 Å². The highest BCUT2D eigenvalue weighted by atomic mass is 19.1. The van der Waals surface area contributed by atoms with Crippen LogP contribution in [0.3, 0.4) is 0 Å². The van der Waals surface area contributed by atoms with Gasteiger partial charge in [0.25, 0.3) is 0 Å². The molecule has 0 amide bonds. The number of fused-ring (bicyclic) bond motifs is 1. The van der Waals surface area contributed by atoms with Crippen LogP contribution < -0.4 is 9.47 Å². The van der Waals surface area contributed by atoms with E-state index in [0.717, 1.165) is 0 Å². The van der Waals surface area contributed by atoms with E-state index in [0.29, 0.717) is 33.8 Å². The molecule has 28 heavy (non-hydrogen) atoms. The number of Topliss-reactive ketones (excluding diaryl/α,β-unsaturated/α-hetero) is 1. The fourth-order valence-electron chi connectivity index (χ4n) is 2.75. The topological polar surface area (TPSA) is 79.1 Å². The lowest BCUT2D eigenvalue weighted by atomic mass is 10.1. The minimum atomic E-state index is -0.333. The second-order valence-corrected chi connectivity index (χ2v) is 5.97. The highest BCUT2D eigenvalue weighted by Gasteiger charge is 2.15. The summed E-state index contributed by atoms with van der Waals surface area (Å²) in [5.41, 5.74) is 1.68. The Morgan fingerprint density at radius 1 is 1.07 bits per heavy atom. The molecule has 4 aromatic rings. The lowest BCUT2D eigenvalue weighted by Crippen LogP contribution is -1.99. The van der Waals surface area contributed by atoms with Crippen molar-refractivity contribution in [3.63, 3.8) is 0 Å². The molecule has 0 N–H and O–H groups in total. The van der Waals surface area contributed by atoms with E-state index >= 15 is 0 Å². The lowest BCUT2D eigenvalue weighted by molar-refractivity contribution is 0.101. The smallest absolute Gasteiger partial charge is 0.233 e. The molecule has 8 heteroatoms. The predicted octanol–water partition coefficient (Wildman–Crippen LogP) is 3.96. The van der Waals surface area contributed by atoms with Crippen LogP contribution in [0.1, 0.15) is 17.3 Å². The zero-order valence-corrected chi connectivity index (χ0v) is 15.1. The Morgan fingerprint density at radius 2 is 1.86 bits per heavy atom. The summed E-state index contributed by atoms with van der Waals surface area (Å²) in [4.78, 5) is 20.0. The largest absolute Gasteiger partial charge is 0.493 e. The van der Waals surface area contributed by atoms with E-state index in [9.17, 15) is 9.18 Å². The first-order valence-electron chi connectivity index (χ1n) is 8.38. The summed E-state index contributed by atoms with van der Waals surface area (Å²) in [6, 6.07) is 10.8. The average molecular weight is 378 g/mol. The zero-order valence-electron chi connectivity index (χ0n) is 15.1. The van der Waals surface area contributed by atoms with Crippen molar-refractivity contribution >= 4 is 16.8 Å². The minimum absolute atomic E-state index is 0.0742. The summed E-state index contributed by atoms with van der Waals surface area (Å²) in [6.07, 6.45) is 2.93. The molecule has 0 aliphatic carbocycles. The number of carbonyl (C=O) groups is 1. The van der Waals surface area contributed by atoms with Crippen LogP contribution in [0.25, 0.3) is 16.7 Å². The van der Waals surface area contributed by atoms with E-state index in [1.54, 1.807) is 41.2 Å². The maximum atomic E-state index is 13.2. The number of hydrogen-bond acceptors (Lipinski definition) is 6. The number of carbonyl (C=O) groups excluding carboxylic acids is 1. The fraction of sp³-hybridized carbons (Fsp3) is 0.100. The molecule has 0 unspecified atom stereocenters. The number of halogens is 1. The standard InChI is InChI=1S/C20H15FN4O3/c1-12(26)13-3-8-17(18(9-13)27-2)28-20-16-10-24-25(19(16)22-11-23-20)15-6-4-14(21)5-7-15/h3-11H,1-2H3. The average Bonchev–Trinajstić information content (AvgIpc) is 3.14. The van der Waals surface area contributed by atoms with Gasteiger partial charge in [0, 0.05) is 5.56 Å². The van der Waals surface area contributed by atoms with E-state index < -0.39 is 0 Å². The summed E-state index contributed by atoms with van der Waals surface area (Å²) in [6.45, 7) is 1.48. The molecule has 0 spiro atoms. The van der Waals surface area contributed by atoms with E-state index in [-0.39, 0.29) is 17.5 Å². The fourth-order valence-corrected chi connectivity index (χ4v) is 2.75.